The van der Waals surface area contributed by atoms with Crippen LogP contribution in [0.25, 0.3) is 10.4 Å². The molecule has 1 aliphatic heterocycles. The smallest absolute Gasteiger partial charge is 0.307 e. The maximum atomic E-state index is 13.1. The number of unbranched alkanes of at least 4 members (excludes halogenated alkanes) is 1. The molecule has 3 aromatic rings. The normalized spacial score (nSPS) is 21.8. The van der Waals surface area contributed by atoms with Crippen LogP contribution in [0.5, 0.6) is 0 Å². The number of likely N-dealkylation sites (tertiary alicyclic amines) is 1. The van der Waals surface area contributed by atoms with Crippen LogP contribution in [-0.4, -0.2) is 61.0 Å². The Morgan fingerprint density at radius 1 is 0.750 bits per heavy atom. The summed E-state index contributed by atoms with van der Waals surface area (Å²) >= 11 is 0. The molecule has 1 saturated heterocycles. The van der Waals surface area contributed by atoms with E-state index in [1.54, 1.807) is 6.92 Å². The van der Waals surface area contributed by atoms with E-state index in [0.29, 0.717) is 26.4 Å². The topological polar surface area (TPSA) is 106 Å². The number of nitrogens with zero attached hydrogens (tertiary/aromatic N) is 4. The fourth-order valence-electron chi connectivity index (χ4n) is 5.78. The third-order valence-electron chi connectivity index (χ3n) is 7.90. The van der Waals surface area contributed by atoms with Crippen molar-refractivity contribution in [3.8, 4) is 0 Å². The quantitative estimate of drug-likeness (QED) is 0.0725. The predicted molar refractivity (Wildman–Crippen MR) is 170 cm³/mol. The Balaban J connectivity index is 1.77. The molecular formula is C35H44N4O5. The summed E-state index contributed by atoms with van der Waals surface area (Å²) in [5, 5.41) is 4.03. The van der Waals surface area contributed by atoms with E-state index in [1.807, 2.05) is 91.0 Å². The molecule has 0 N–H and O–H groups in total. The minimum atomic E-state index is -0.571. The zero-order valence-corrected chi connectivity index (χ0v) is 25.7. The molecule has 0 radical (unpaired) electrons. The largest absolute Gasteiger partial charge is 0.466 e. The van der Waals surface area contributed by atoms with Crippen LogP contribution in [0, 0.1) is 0 Å². The number of esters is 1. The molecule has 9 nitrogen and oxygen atoms in total. The van der Waals surface area contributed by atoms with Gasteiger partial charge in [0.15, 0.2) is 0 Å². The minimum absolute atomic E-state index is 0.111. The zero-order chi connectivity index (χ0) is 31.0. The summed E-state index contributed by atoms with van der Waals surface area (Å²) < 4.78 is 25.7. The van der Waals surface area contributed by atoms with Crippen molar-refractivity contribution in [2.75, 3.05) is 19.7 Å². The molecule has 0 saturated carbocycles. The number of benzene rings is 3. The third kappa shape index (κ3) is 9.64. The van der Waals surface area contributed by atoms with Gasteiger partial charge in [-0.15, -0.1) is 0 Å². The highest BCUT2D eigenvalue weighted by molar-refractivity contribution is 5.70. The second-order valence-corrected chi connectivity index (χ2v) is 10.9. The summed E-state index contributed by atoms with van der Waals surface area (Å²) in [6, 6.07) is 29.2. The van der Waals surface area contributed by atoms with E-state index in [0.717, 1.165) is 29.5 Å². The van der Waals surface area contributed by atoms with Crippen LogP contribution in [0.1, 0.15) is 49.8 Å². The maximum Gasteiger partial charge on any atom is 0.307 e. The molecule has 0 unspecified atom stereocenters. The SMILES string of the molecule is CCCCN1[C@H](CC(=O)OCC)[C@H](OCc2ccccc2)[C@@H](OCc2ccccc2)[C@H](OCc2ccccc2)[C@H]1CN=[N+]=[N-]. The summed E-state index contributed by atoms with van der Waals surface area (Å²) in [4.78, 5) is 18.4. The highest BCUT2D eigenvalue weighted by atomic mass is 16.6. The molecule has 44 heavy (non-hydrogen) atoms. The van der Waals surface area contributed by atoms with Crippen LogP contribution >= 0.6 is 0 Å². The van der Waals surface area contributed by atoms with Crippen LogP contribution in [-0.2, 0) is 43.6 Å². The molecular weight excluding hydrogens is 556 g/mol. The van der Waals surface area contributed by atoms with Crippen molar-refractivity contribution in [2.24, 2.45) is 5.11 Å². The van der Waals surface area contributed by atoms with Gasteiger partial charge in [0.05, 0.1) is 32.8 Å². The van der Waals surface area contributed by atoms with Crippen molar-refractivity contribution in [1.82, 2.24) is 4.90 Å². The molecule has 0 spiro atoms. The lowest BCUT2D eigenvalue weighted by Gasteiger charge is -2.53. The van der Waals surface area contributed by atoms with Crippen molar-refractivity contribution in [3.05, 3.63) is 118 Å². The predicted octanol–water partition coefficient (Wildman–Crippen LogP) is 6.86. The highest BCUT2D eigenvalue weighted by Crippen LogP contribution is 2.35. The molecule has 234 valence electrons. The fourth-order valence-corrected chi connectivity index (χ4v) is 5.78. The van der Waals surface area contributed by atoms with E-state index in [4.69, 9.17) is 18.9 Å². The Morgan fingerprint density at radius 2 is 1.23 bits per heavy atom. The molecule has 5 atom stereocenters. The van der Waals surface area contributed by atoms with Crippen LogP contribution in [0.2, 0.25) is 0 Å². The molecule has 0 amide bonds. The third-order valence-corrected chi connectivity index (χ3v) is 7.90. The number of ether oxygens (including phenoxy) is 4. The molecule has 0 aliphatic carbocycles. The molecule has 1 aliphatic rings. The molecule has 3 aromatic carbocycles. The van der Waals surface area contributed by atoms with Gasteiger partial charge in [0.25, 0.3) is 0 Å². The summed E-state index contributed by atoms with van der Waals surface area (Å²) in [6.45, 7) is 6.07. The lowest BCUT2D eigenvalue weighted by molar-refractivity contribution is -0.223. The molecule has 1 fully saturated rings. The zero-order valence-electron chi connectivity index (χ0n) is 25.7. The number of carbonyl (C=O) groups is 1. The first-order valence-electron chi connectivity index (χ1n) is 15.5. The Hall–Kier alpha value is -3.72. The highest BCUT2D eigenvalue weighted by Gasteiger charge is 2.51. The standard InChI is InChI=1S/C35H44N4O5/c1-3-5-21-39-30(22-32(40)41-4-2)33(42-24-27-15-9-6-10-16-27)35(44-26-29-19-13-8-14-20-29)34(31(39)23-37-38-36)43-25-28-17-11-7-12-18-28/h6-20,30-31,33-35H,3-5,21-26H2,1-2H3/t30-,31-,33+,34-,35-/m1/s1. The fraction of sp³-hybridized carbons (Fsp3) is 0.457. The number of hydrogen-bond acceptors (Lipinski definition) is 7. The molecule has 0 bridgehead atoms. The second kappa shape index (κ2) is 18.2. The van der Waals surface area contributed by atoms with Gasteiger partial charge in [-0.1, -0.05) is 109 Å². The van der Waals surface area contributed by atoms with Crippen LogP contribution in [0.3, 0.4) is 0 Å². The molecule has 4 rings (SSSR count). The van der Waals surface area contributed by atoms with Crippen molar-refractivity contribution < 1.29 is 23.7 Å². The van der Waals surface area contributed by atoms with Gasteiger partial charge < -0.3 is 18.9 Å². The number of rotatable bonds is 17. The summed E-state index contributed by atoms with van der Waals surface area (Å²) in [7, 11) is 0. The van der Waals surface area contributed by atoms with E-state index in [-0.39, 0.29) is 37.6 Å². The Morgan fingerprint density at radius 3 is 1.68 bits per heavy atom. The monoisotopic (exact) mass is 600 g/mol. The van der Waals surface area contributed by atoms with Gasteiger partial charge in [-0.25, -0.2) is 0 Å². The summed E-state index contributed by atoms with van der Waals surface area (Å²) in [6.07, 6.45) is 0.330. The van der Waals surface area contributed by atoms with E-state index in [9.17, 15) is 10.3 Å². The van der Waals surface area contributed by atoms with Gasteiger partial charge in [-0.2, -0.15) is 0 Å². The first-order valence-corrected chi connectivity index (χ1v) is 15.5. The minimum Gasteiger partial charge on any atom is -0.466 e. The van der Waals surface area contributed by atoms with Gasteiger partial charge in [-0.3, -0.25) is 9.69 Å². The Labute approximate surface area is 260 Å². The van der Waals surface area contributed by atoms with Gasteiger partial charge in [0.2, 0.25) is 0 Å². The first kappa shape index (κ1) is 33.2. The molecule has 1 heterocycles. The van der Waals surface area contributed by atoms with Crippen LogP contribution in [0.15, 0.2) is 96.1 Å². The van der Waals surface area contributed by atoms with Gasteiger partial charge >= 0.3 is 5.97 Å². The van der Waals surface area contributed by atoms with Crippen LogP contribution < -0.4 is 0 Å². The summed E-state index contributed by atoms with van der Waals surface area (Å²) in [5.41, 5.74) is 12.4. The van der Waals surface area contributed by atoms with Crippen molar-refractivity contribution in [1.29, 1.82) is 0 Å². The molecule has 9 heteroatoms. The molecule has 0 aromatic heterocycles. The van der Waals surface area contributed by atoms with Gasteiger partial charge in [0, 0.05) is 23.5 Å². The van der Waals surface area contributed by atoms with E-state index < -0.39 is 18.3 Å². The maximum absolute atomic E-state index is 13.1. The number of piperidine rings is 1. The average molecular weight is 601 g/mol. The van der Waals surface area contributed by atoms with E-state index in [1.165, 1.54) is 0 Å². The average Bonchev–Trinajstić information content (AvgIpc) is 3.06. The number of azide groups is 1. The Bertz CT molecular complexity index is 1290. The number of carbonyl (C=O) groups excluding carboxylic acids is 1. The Kier molecular flexibility index (Phi) is 13.7. The summed E-state index contributed by atoms with van der Waals surface area (Å²) in [5.74, 6) is -0.305. The van der Waals surface area contributed by atoms with Gasteiger partial charge in [0.1, 0.15) is 18.3 Å². The van der Waals surface area contributed by atoms with E-state index in [2.05, 4.69) is 21.8 Å². The number of hydrogen-bond donors (Lipinski definition) is 0. The lowest BCUT2D eigenvalue weighted by Crippen LogP contribution is -2.69. The van der Waals surface area contributed by atoms with Crippen LogP contribution in [0.4, 0.5) is 0 Å². The van der Waals surface area contributed by atoms with Crippen molar-refractivity contribution in [3.63, 3.8) is 0 Å². The first-order chi connectivity index (χ1) is 21.6. The van der Waals surface area contributed by atoms with Crippen molar-refractivity contribution >= 4 is 5.97 Å². The van der Waals surface area contributed by atoms with E-state index >= 15 is 0 Å². The lowest BCUT2D eigenvalue weighted by atomic mass is 9.85. The second-order valence-electron chi connectivity index (χ2n) is 10.9. The van der Waals surface area contributed by atoms with Crippen molar-refractivity contribution in [2.45, 2.75) is 83.3 Å². The van der Waals surface area contributed by atoms with Gasteiger partial charge in [-0.05, 0) is 42.1 Å².